The van der Waals surface area contributed by atoms with Crippen LogP contribution in [0.1, 0.15) is 0 Å². The molecule has 5 heteroatoms. The maximum absolute atomic E-state index is 6.09. The van der Waals surface area contributed by atoms with Crippen LogP contribution in [-0.4, -0.2) is 4.98 Å². The summed E-state index contributed by atoms with van der Waals surface area (Å²) in [5, 5.41) is 1.52. The van der Waals surface area contributed by atoms with Crippen molar-refractivity contribution >= 4 is 46.4 Å². The predicted molar refractivity (Wildman–Crippen MR) is 69.7 cm³/mol. The van der Waals surface area contributed by atoms with Gasteiger partial charge in [-0.3, -0.25) is 0 Å². The molecule has 0 spiro atoms. The number of halogens is 4. The molecular formula is C11H5Cl4N. The highest BCUT2D eigenvalue weighted by molar-refractivity contribution is 6.49. The van der Waals surface area contributed by atoms with Gasteiger partial charge in [0.2, 0.25) is 0 Å². The van der Waals surface area contributed by atoms with Crippen LogP contribution in [0.5, 0.6) is 0 Å². The predicted octanol–water partition coefficient (Wildman–Crippen LogP) is 5.36. The van der Waals surface area contributed by atoms with E-state index in [0.717, 1.165) is 0 Å². The lowest BCUT2D eigenvalue weighted by atomic mass is 10.1. The quantitative estimate of drug-likeness (QED) is 0.509. The molecule has 82 valence electrons. The fourth-order valence-electron chi connectivity index (χ4n) is 1.28. The van der Waals surface area contributed by atoms with Gasteiger partial charge in [0.15, 0.2) is 0 Å². The third-order valence-corrected chi connectivity index (χ3v) is 3.53. The van der Waals surface area contributed by atoms with Gasteiger partial charge in [-0.15, -0.1) is 0 Å². The Hall–Kier alpha value is -0.470. The molecule has 0 aliphatic rings. The smallest absolute Gasteiger partial charge is 0.129 e. The van der Waals surface area contributed by atoms with E-state index < -0.39 is 0 Å². The zero-order valence-corrected chi connectivity index (χ0v) is 10.9. The molecular weight excluding hydrogens is 288 g/mol. The number of hydrogen-bond acceptors (Lipinski definition) is 1. The molecule has 16 heavy (non-hydrogen) atoms. The van der Waals surface area contributed by atoms with Crippen molar-refractivity contribution in [2.24, 2.45) is 0 Å². The topological polar surface area (TPSA) is 12.9 Å². The van der Waals surface area contributed by atoms with Crippen LogP contribution in [0, 0.1) is 0 Å². The molecule has 0 N–H and O–H groups in total. The Bertz CT molecular complexity index is 540. The molecule has 2 rings (SSSR count). The van der Waals surface area contributed by atoms with E-state index in [4.69, 9.17) is 46.4 Å². The summed E-state index contributed by atoms with van der Waals surface area (Å²) in [6.45, 7) is 0. The monoisotopic (exact) mass is 291 g/mol. The molecule has 1 aromatic carbocycles. The largest absolute Gasteiger partial charge is 0.236 e. The van der Waals surface area contributed by atoms with Gasteiger partial charge in [-0.25, -0.2) is 4.98 Å². The van der Waals surface area contributed by atoms with Gasteiger partial charge < -0.3 is 0 Å². The minimum Gasteiger partial charge on any atom is -0.236 e. The van der Waals surface area contributed by atoms with E-state index in [1.165, 1.54) is 0 Å². The first-order valence-corrected chi connectivity index (χ1v) is 5.87. The van der Waals surface area contributed by atoms with E-state index in [9.17, 15) is 0 Å². The summed E-state index contributed by atoms with van der Waals surface area (Å²) in [4.78, 5) is 4.15. The fourth-order valence-corrected chi connectivity index (χ4v) is 2.08. The molecule has 0 bridgehead atoms. The minimum atomic E-state index is 0.322. The van der Waals surface area contributed by atoms with Gasteiger partial charge in [-0.2, -0.15) is 0 Å². The van der Waals surface area contributed by atoms with Crippen LogP contribution in [0.25, 0.3) is 11.3 Å². The van der Waals surface area contributed by atoms with Crippen molar-refractivity contribution in [1.29, 1.82) is 0 Å². The Balaban J connectivity index is 2.61. The van der Waals surface area contributed by atoms with Gasteiger partial charge in [0.05, 0.1) is 20.8 Å². The van der Waals surface area contributed by atoms with E-state index in [1.54, 1.807) is 30.3 Å². The molecule has 0 saturated heterocycles. The van der Waals surface area contributed by atoms with Gasteiger partial charge in [0.25, 0.3) is 0 Å². The average molecular weight is 293 g/mol. The third-order valence-electron chi connectivity index (χ3n) is 2.03. The van der Waals surface area contributed by atoms with E-state index in [1.807, 2.05) is 0 Å². The van der Waals surface area contributed by atoms with Gasteiger partial charge in [0, 0.05) is 5.56 Å². The lowest BCUT2D eigenvalue weighted by Crippen LogP contribution is -1.86. The lowest BCUT2D eigenvalue weighted by Gasteiger charge is -2.06. The number of rotatable bonds is 1. The van der Waals surface area contributed by atoms with Crippen LogP contribution in [0.3, 0.4) is 0 Å². The van der Waals surface area contributed by atoms with E-state index in [-0.39, 0.29) is 0 Å². The van der Waals surface area contributed by atoms with Gasteiger partial charge in [-0.1, -0.05) is 52.5 Å². The van der Waals surface area contributed by atoms with Crippen molar-refractivity contribution < 1.29 is 0 Å². The normalized spacial score (nSPS) is 10.5. The molecule has 0 aliphatic carbocycles. The van der Waals surface area contributed by atoms with E-state index in [0.29, 0.717) is 31.5 Å². The second-order valence-electron chi connectivity index (χ2n) is 3.07. The van der Waals surface area contributed by atoms with Crippen molar-refractivity contribution in [2.75, 3.05) is 0 Å². The standard InChI is InChI=1S/C11H5Cl4N/c12-7-5-4-6(10(14)11(7)15)8-2-1-3-9(13)16-8/h1-5H. The highest BCUT2D eigenvalue weighted by atomic mass is 35.5. The minimum absolute atomic E-state index is 0.322. The van der Waals surface area contributed by atoms with Crippen LogP contribution in [0.15, 0.2) is 30.3 Å². The highest BCUT2D eigenvalue weighted by Gasteiger charge is 2.11. The summed E-state index contributed by atoms with van der Waals surface area (Å²) in [5.41, 5.74) is 1.37. The number of pyridine rings is 1. The van der Waals surface area contributed by atoms with Crippen LogP contribution < -0.4 is 0 Å². The first-order chi connectivity index (χ1) is 7.59. The molecule has 0 radical (unpaired) electrons. The highest BCUT2D eigenvalue weighted by Crippen LogP contribution is 2.37. The summed E-state index contributed by atoms with van der Waals surface area (Å²) in [5.74, 6) is 0. The molecule has 1 heterocycles. The third kappa shape index (κ3) is 2.28. The second kappa shape index (κ2) is 4.80. The number of hydrogen-bond donors (Lipinski definition) is 0. The van der Waals surface area contributed by atoms with Gasteiger partial charge in [-0.05, 0) is 24.3 Å². The van der Waals surface area contributed by atoms with Crippen LogP contribution in [-0.2, 0) is 0 Å². The fraction of sp³-hybridized carbons (Fsp3) is 0. The molecule has 0 aliphatic heterocycles. The van der Waals surface area contributed by atoms with Gasteiger partial charge >= 0.3 is 0 Å². The molecule has 0 amide bonds. The van der Waals surface area contributed by atoms with E-state index >= 15 is 0 Å². The Labute approximate surface area is 113 Å². The lowest BCUT2D eigenvalue weighted by molar-refractivity contribution is 1.33. The summed E-state index contributed by atoms with van der Waals surface area (Å²) < 4.78 is 0. The molecule has 0 unspecified atom stereocenters. The summed E-state index contributed by atoms with van der Waals surface area (Å²) in [7, 11) is 0. The zero-order chi connectivity index (χ0) is 11.7. The van der Waals surface area contributed by atoms with E-state index in [2.05, 4.69) is 4.98 Å². The number of benzene rings is 1. The van der Waals surface area contributed by atoms with Crippen molar-refractivity contribution in [3.05, 3.63) is 50.6 Å². The maximum Gasteiger partial charge on any atom is 0.129 e. The zero-order valence-electron chi connectivity index (χ0n) is 7.85. The molecule has 0 fully saturated rings. The molecule has 0 saturated carbocycles. The molecule has 0 atom stereocenters. The Morgan fingerprint density at radius 2 is 1.56 bits per heavy atom. The Morgan fingerprint density at radius 1 is 0.812 bits per heavy atom. The van der Waals surface area contributed by atoms with Crippen molar-refractivity contribution in [3.8, 4) is 11.3 Å². The number of nitrogens with zero attached hydrogens (tertiary/aromatic N) is 1. The first kappa shape index (κ1) is 12.0. The number of aromatic nitrogens is 1. The van der Waals surface area contributed by atoms with Crippen molar-refractivity contribution in [2.45, 2.75) is 0 Å². The van der Waals surface area contributed by atoms with Crippen molar-refractivity contribution in [1.82, 2.24) is 4.98 Å². The molecule has 1 aromatic heterocycles. The van der Waals surface area contributed by atoms with Crippen molar-refractivity contribution in [3.63, 3.8) is 0 Å². The Kier molecular flexibility index (Phi) is 3.60. The van der Waals surface area contributed by atoms with Crippen LogP contribution >= 0.6 is 46.4 Å². The van der Waals surface area contributed by atoms with Crippen LogP contribution in [0.2, 0.25) is 20.2 Å². The summed E-state index contributed by atoms with van der Waals surface area (Å²) in [6.07, 6.45) is 0. The maximum atomic E-state index is 6.09. The summed E-state index contributed by atoms with van der Waals surface area (Å²) >= 11 is 23.7. The van der Waals surface area contributed by atoms with Gasteiger partial charge in [0.1, 0.15) is 5.15 Å². The summed E-state index contributed by atoms with van der Waals surface area (Å²) in [6, 6.07) is 8.72. The Morgan fingerprint density at radius 3 is 2.25 bits per heavy atom. The molecule has 2 aromatic rings. The van der Waals surface area contributed by atoms with Crippen LogP contribution in [0.4, 0.5) is 0 Å². The second-order valence-corrected chi connectivity index (χ2v) is 4.62. The SMILES string of the molecule is Clc1cccc(-c2ccc(Cl)c(Cl)c2Cl)n1. The molecule has 1 nitrogen and oxygen atoms in total. The average Bonchev–Trinajstić information content (AvgIpc) is 2.26. The first-order valence-electron chi connectivity index (χ1n) is 4.36.